The first-order valence-electron chi connectivity index (χ1n) is 9.17. The van der Waals surface area contributed by atoms with Crippen molar-refractivity contribution >= 4 is 11.9 Å². The zero-order chi connectivity index (χ0) is 17.8. The van der Waals surface area contributed by atoms with Crippen LogP contribution < -0.4 is 11.1 Å². The van der Waals surface area contributed by atoms with E-state index in [0.717, 1.165) is 25.9 Å². The highest BCUT2D eigenvalue weighted by Crippen LogP contribution is 2.22. The van der Waals surface area contributed by atoms with E-state index in [4.69, 9.17) is 5.73 Å². The minimum atomic E-state index is -0.0865. The molecule has 0 saturated carbocycles. The van der Waals surface area contributed by atoms with Crippen molar-refractivity contribution < 1.29 is 9.59 Å². The maximum Gasteiger partial charge on any atom is 0.317 e. The van der Waals surface area contributed by atoms with E-state index in [2.05, 4.69) is 24.4 Å². The summed E-state index contributed by atoms with van der Waals surface area (Å²) in [6, 6.07) is 8.39. The molecule has 1 aromatic carbocycles. The zero-order valence-corrected chi connectivity index (χ0v) is 14.9. The first kappa shape index (κ1) is 17.7. The topological polar surface area (TPSA) is 78.7 Å². The molecule has 2 heterocycles. The maximum absolute atomic E-state index is 12.4. The lowest BCUT2D eigenvalue weighted by molar-refractivity contribution is -0.131. The number of hydrogen-bond acceptors (Lipinski definition) is 3. The number of urea groups is 1. The minimum absolute atomic E-state index is 0.0865. The Labute approximate surface area is 149 Å². The second-order valence-electron chi connectivity index (χ2n) is 7.15. The van der Waals surface area contributed by atoms with Crippen LogP contribution in [0.2, 0.25) is 0 Å². The Morgan fingerprint density at radius 3 is 2.76 bits per heavy atom. The molecule has 2 aliphatic rings. The van der Waals surface area contributed by atoms with Gasteiger partial charge in [-0.2, -0.15) is 0 Å². The van der Waals surface area contributed by atoms with Gasteiger partial charge in [-0.05, 0) is 43.4 Å². The summed E-state index contributed by atoms with van der Waals surface area (Å²) in [6.45, 7) is 5.17. The highest BCUT2D eigenvalue weighted by Gasteiger charge is 2.31. The van der Waals surface area contributed by atoms with Crippen LogP contribution >= 0.6 is 0 Å². The lowest BCUT2D eigenvalue weighted by atomic mass is 10.0. The average molecular weight is 344 g/mol. The Balaban J connectivity index is 1.43. The van der Waals surface area contributed by atoms with Gasteiger partial charge in [0.2, 0.25) is 5.91 Å². The fourth-order valence-corrected chi connectivity index (χ4v) is 3.86. The normalized spacial score (nSPS) is 22.6. The van der Waals surface area contributed by atoms with E-state index in [-0.39, 0.29) is 18.0 Å². The Hall–Kier alpha value is -2.08. The van der Waals surface area contributed by atoms with Crippen LogP contribution in [-0.4, -0.2) is 54.0 Å². The van der Waals surface area contributed by atoms with Gasteiger partial charge in [0.25, 0.3) is 0 Å². The number of benzene rings is 1. The number of nitrogens with zero attached hydrogens (tertiary/aromatic N) is 2. The molecule has 1 aromatic rings. The van der Waals surface area contributed by atoms with Crippen LogP contribution in [0.5, 0.6) is 0 Å². The van der Waals surface area contributed by atoms with E-state index in [0.29, 0.717) is 32.0 Å². The molecule has 2 atom stereocenters. The van der Waals surface area contributed by atoms with Crippen molar-refractivity contribution in [3.05, 3.63) is 35.4 Å². The van der Waals surface area contributed by atoms with Crippen molar-refractivity contribution in [3.63, 3.8) is 0 Å². The molecule has 2 aliphatic heterocycles. The van der Waals surface area contributed by atoms with Gasteiger partial charge in [-0.3, -0.25) is 4.79 Å². The van der Waals surface area contributed by atoms with Crippen LogP contribution in [0, 0.1) is 5.92 Å². The number of rotatable bonds is 4. The van der Waals surface area contributed by atoms with Crippen molar-refractivity contribution in [1.82, 2.24) is 15.1 Å². The van der Waals surface area contributed by atoms with Gasteiger partial charge in [0, 0.05) is 38.6 Å². The quantitative estimate of drug-likeness (QED) is 0.865. The predicted octanol–water partition coefficient (Wildman–Crippen LogP) is 1.34. The average Bonchev–Trinajstić information content (AvgIpc) is 3.02. The van der Waals surface area contributed by atoms with E-state index in [1.807, 2.05) is 21.9 Å². The summed E-state index contributed by atoms with van der Waals surface area (Å²) >= 11 is 0. The SMILES string of the molecule is CC1CC(CN)CN1C(=O)CCNC(=O)N1CCc2ccccc2C1. The number of carbonyl (C=O) groups is 2. The largest absolute Gasteiger partial charge is 0.340 e. The fourth-order valence-electron chi connectivity index (χ4n) is 3.86. The van der Waals surface area contributed by atoms with Crippen LogP contribution in [0.25, 0.3) is 0 Å². The number of amides is 3. The molecule has 25 heavy (non-hydrogen) atoms. The summed E-state index contributed by atoms with van der Waals surface area (Å²) < 4.78 is 0. The molecule has 2 unspecified atom stereocenters. The van der Waals surface area contributed by atoms with Gasteiger partial charge in [-0.25, -0.2) is 4.79 Å². The van der Waals surface area contributed by atoms with Gasteiger partial charge < -0.3 is 20.9 Å². The summed E-state index contributed by atoms with van der Waals surface area (Å²) in [5.74, 6) is 0.509. The highest BCUT2D eigenvalue weighted by molar-refractivity contribution is 5.79. The monoisotopic (exact) mass is 344 g/mol. The van der Waals surface area contributed by atoms with E-state index < -0.39 is 0 Å². The van der Waals surface area contributed by atoms with E-state index in [1.165, 1.54) is 11.1 Å². The van der Waals surface area contributed by atoms with Crippen molar-refractivity contribution in [1.29, 1.82) is 0 Å². The Bertz CT molecular complexity index is 634. The molecule has 6 nitrogen and oxygen atoms in total. The van der Waals surface area contributed by atoms with Crippen molar-refractivity contribution in [2.24, 2.45) is 11.7 Å². The molecular weight excluding hydrogens is 316 g/mol. The third-order valence-electron chi connectivity index (χ3n) is 5.35. The van der Waals surface area contributed by atoms with Gasteiger partial charge in [0.05, 0.1) is 0 Å². The van der Waals surface area contributed by atoms with Crippen LogP contribution in [0.3, 0.4) is 0 Å². The number of fused-ring (bicyclic) bond motifs is 1. The molecule has 0 bridgehead atoms. The number of nitrogens with two attached hydrogens (primary N) is 1. The Morgan fingerprint density at radius 2 is 2.04 bits per heavy atom. The third-order valence-corrected chi connectivity index (χ3v) is 5.35. The Kier molecular flexibility index (Phi) is 5.58. The molecule has 0 aromatic heterocycles. The van der Waals surface area contributed by atoms with Crippen LogP contribution in [0.4, 0.5) is 4.79 Å². The van der Waals surface area contributed by atoms with Gasteiger partial charge in [0.15, 0.2) is 0 Å². The molecule has 3 amide bonds. The maximum atomic E-state index is 12.4. The molecule has 0 aliphatic carbocycles. The molecule has 0 spiro atoms. The molecule has 6 heteroatoms. The van der Waals surface area contributed by atoms with Crippen molar-refractivity contribution in [2.75, 3.05) is 26.2 Å². The number of nitrogens with one attached hydrogen (secondary N) is 1. The minimum Gasteiger partial charge on any atom is -0.340 e. The number of carbonyl (C=O) groups excluding carboxylic acids is 2. The molecule has 0 radical (unpaired) electrons. The summed E-state index contributed by atoms with van der Waals surface area (Å²) in [6.07, 6.45) is 2.20. The van der Waals surface area contributed by atoms with Crippen LogP contribution in [-0.2, 0) is 17.8 Å². The molecule has 3 N–H and O–H groups in total. The molecule has 3 rings (SSSR count). The van der Waals surface area contributed by atoms with Crippen LogP contribution in [0.15, 0.2) is 24.3 Å². The van der Waals surface area contributed by atoms with E-state index in [9.17, 15) is 9.59 Å². The van der Waals surface area contributed by atoms with Crippen molar-refractivity contribution in [3.8, 4) is 0 Å². The lowest BCUT2D eigenvalue weighted by Crippen LogP contribution is -2.44. The van der Waals surface area contributed by atoms with Gasteiger partial charge >= 0.3 is 6.03 Å². The number of hydrogen-bond donors (Lipinski definition) is 2. The summed E-state index contributed by atoms with van der Waals surface area (Å²) in [5.41, 5.74) is 8.24. The predicted molar refractivity (Wildman–Crippen MR) is 96.9 cm³/mol. The van der Waals surface area contributed by atoms with Gasteiger partial charge in [-0.15, -0.1) is 0 Å². The van der Waals surface area contributed by atoms with E-state index >= 15 is 0 Å². The number of likely N-dealkylation sites (tertiary alicyclic amines) is 1. The lowest BCUT2D eigenvalue weighted by Gasteiger charge is -2.29. The molecule has 136 valence electrons. The summed E-state index contributed by atoms with van der Waals surface area (Å²) in [4.78, 5) is 28.4. The summed E-state index contributed by atoms with van der Waals surface area (Å²) in [7, 11) is 0. The summed E-state index contributed by atoms with van der Waals surface area (Å²) in [5, 5.41) is 2.89. The smallest absolute Gasteiger partial charge is 0.317 e. The van der Waals surface area contributed by atoms with E-state index in [1.54, 1.807) is 0 Å². The third kappa shape index (κ3) is 4.12. The van der Waals surface area contributed by atoms with Crippen LogP contribution in [0.1, 0.15) is 30.9 Å². The molecule has 1 saturated heterocycles. The second-order valence-corrected chi connectivity index (χ2v) is 7.15. The highest BCUT2D eigenvalue weighted by atomic mass is 16.2. The fraction of sp³-hybridized carbons (Fsp3) is 0.579. The van der Waals surface area contributed by atoms with Gasteiger partial charge in [0.1, 0.15) is 0 Å². The first-order chi connectivity index (χ1) is 12.1. The molecule has 1 fully saturated rings. The zero-order valence-electron chi connectivity index (χ0n) is 14.9. The first-order valence-corrected chi connectivity index (χ1v) is 9.17. The standard InChI is InChI=1S/C19H28N4O2/c1-14-10-15(11-20)12-23(14)18(24)6-8-21-19(25)22-9-7-16-4-2-3-5-17(16)13-22/h2-5,14-15H,6-13,20H2,1H3,(H,21,25). The molecular formula is C19H28N4O2. The van der Waals surface area contributed by atoms with Gasteiger partial charge in [-0.1, -0.05) is 24.3 Å². The Morgan fingerprint density at radius 1 is 1.28 bits per heavy atom. The second kappa shape index (κ2) is 7.87. The van der Waals surface area contributed by atoms with Crippen molar-refractivity contribution in [2.45, 2.75) is 38.8 Å².